The average molecular weight is 261 g/mol. The normalized spacial score (nSPS) is 15.6. The molecule has 0 aliphatic heterocycles. The number of benzene rings is 1. The van der Waals surface area contributed by atoms with Gasteiger partial charge in [-0.2, -0.15) is 0 Å². The molecule has 1 aromatic carbocycles. The maximum Gasteiger partial charge on any atom is 0.145 e. The molecule has 5 heteroatoms. The predicted octanol–water partition coefficient (Wildman–Crippen LogP) is 1.61. The summed E-state index contributed by atoms with van der Waals surface area (Å²) >= 11 is 0. The van der Waals surface area contributed by atoms with Crippen molar-refractivity contribution in [3.05, 3.63) is 41.5 Å². The van der Waals surface area contributed by atoms with E-state index in [-0.39, 0.29) is 0 Å². The Bertz CT molecular complexity index is 606. The molecule has 0 saturated heterocycles. The van der Waals surface area contributed by atoms with Gasteiger partial charge in [0.2, 0.25) is 0 Å². The van der Waals surface area contributed by atoms with Gasteiger partial charge in [0.1, 0.15) is 12.2 Å². The van der Waals surface area contributed by atoms with Crippen molar-refractivity contribution in [2.75, 3.05) is 0 Å². The van der Waals surface area contributed by atoms with Gasteiger partial charge in [-0.15, -0.1) is 10.2 Å². The lowest BCUT2D eigenvalue weighted by atomic mass is 10.1. The van der Waals surface area contributed by atoms with E-state index in [1.807, 2.05) is 17.7 Å². The topological polar surface area (TPSA) is 47.8 Å². The highest BCUT2D eigenvalue weighted by atomic mass is 32.2. The molecule has 0 amide bonds. The quantitative estimate of drug-likeness (QED) is 0.843. The molecule has 1 aromatic heterocycles. The average Bonchev–Trinajstić information content (AvgIpc) is 2.98. The molecule has 1 heterocycles. The van der Waals surface area contributed by atoms with Crippen molar-refractivity contribution in [3.63, 3.8) is 0 Å². The second-order valence-electron chi connectivity index (χ2n) is 4.63. The summed E-state index contributed by atoms with van der Waals surface area (Å²) in [6.07, 6.45) is 5.12. The molecule has 0 unspecified atom stereocenters. The molecule has 0 N–H and O–H groups in total. The van der Waals surface area contributed by atoms with Gasteiger partial charge in [-0.05, 0) is 42.5 Å². The van der Waals surface area contributed by atoms with E-state index in [1.54, 1.807) is 6.33 Å². The largest absolute Gasteiger partial charge is 0.320 e. The van der Waals surface area contributed by atoms with Gasteiger partial charge in [0.25, 0.3) is 0 Å². The van der Waals surface area contributed by atoms with Crippen molar-refractivity contribution in [3.8, 4) is 0 Å². The third-order valence-electron chi connectivity index (χ3n) is 3.40. The molecule has 3 rings (SSSR count). The molecule has 94 valence electrons. The van der Waals surface area contributed by atoms with E-state index in [4.69, 9.17) is 0 Å². The molecule has 0 bridgehead atoms. The number of rotatable bonds is 3. The van der Waals surface area contributed by atoms with E-state index in [9.17, 15) is 4.21 Å². The van der Waals surface area contributed by atoms with Gasteiger partial charge in [-0.3, -0.25) is 4.21 Å². The Morgan fingerprint density at radius 1 is 1.33 bits per heavy atom. The van der Waals surface area contributed by atoms with Crippen LogP contribution >= 0.6 is 0 Å². The number of aryl methyl sites for hydroxylation is 3. The summed E-state index contributed by atoms with van der Waals surface area (Å²) in [7, 11) is 0.831. The van der Waals surface area contributed by atoms with Gasteiger partial charge >= 0.3 is 0 Å². The first kappa shape index (κ1) is 11.6. The van der Waals surface area contributed by atoms with Crippen LogP contribution in [0.15, 0.2) is 29.4 Å². The second kappa shape index (κ2) is 4.65. The Hall–Kier alpha value is -1.49. The van der Waals surface area contributed by atoms with Crippen LogP contribution in [0, 0.1) is 0 Å². The van der Waals surface area contributed by atoms with E-state index in [0.717, 1.165) is 23.6 Å². The number of hydrogen-bond donors (Lipinski definition) is 0. The van der Waals surface area contributed by atoms with Crippen LogP contribution in [0.4, 0.5) is 0 Å². The molecule has 0 fully saturated rings. The molecule has 0 saturated carbocycles. The Balaban J connectivity index is 1.83. The van der Waals surface area contributed by atoms with Gasteiger partial charge in [-0.25, -0.2) is 0 Å². The van der Waals surface area contributed by atoms with Gasteiger partial charge in [0, 0.05) is 11.9 Å². The Labute approximate surface area is 109 Å². The summed E-state index contributed by atoms with van der Waals surface area (Å²) in [5.41, 5.74) is 2.77. The zero-order chi connectivity index (χ0) is 12.5. The third-order valence-corrected chi connectivity index (χ3v) is 4.70. The van der Waals surface area contributed by atoms with Crippen molar-refractivity contribution >= 4 is 10.8 Å². The standard InChI is InChI=1S/C13H15N3OS/c1-16-9-14-15-13(16)8-18(17)12-6-5-10-3-2-4-11(10)7-12/h5-7,9H,2-4,8H2,1H3/t18-/m1/s1. The van der Waals surface area contributed by atoms with Crippen molar-refractivity contribution in [1.82, 2.24) is 14.8 Å². The van der Waals surface area contributed by atoms with Crippen LogP contribution in [0.25, 0.3) is 0 Å². The minimum atomic E-state index is -1.04. The van der Waals surface area contributed by atoms with Crippen LogP contribution in [0.1, 0.15) is 23.4 Å². The molecule has 18 heavy (non-hydrogen) atoms. The van der Waals surface area contributed by atoms with Crippen LogP contribution < -0.4 is 0 Å². The monoisotopic (exact) mass is 261 g/mol. The first-order valence-corrected chi connectivity index (χ1v) is 7.39. The lowest BCUT2D eigenvalue weighted by molar-refractivity contribution is 0.679. The van der Waals surface area contributed by atoms with Gasteiger partial charge in [0.15, 0.2) is 0 Å². The predicted molar refractivity (Wildman–Crippen MR) is 69.6 cm³/mol. The molecule has 2 aromatic rings. The van der Waals surface area contributed by atoms with Crippen molar-refractivity contribution in [1.29, 1.82) is 0 Å². The SMILES string of the molecule is Cn1cnnc1C[S@@](=O)c1ccc2c(c1)CCC2. The third kappa shape index (κ3) is 2.10. The molecule has 0 radical (unpaired) electrons. The highest BCUT2D eigenvalue weighted by Crippen LogP contribution is 2.24. The number of aromatic nitrogens is 3. The van der Waals surface area contributed by atoms with Crippen LogP contribution in [-0.2, 0) is 36.4 Å². The highest BCUT2D eigenvalue weighted by molar-refractivity contribution is 7.84. The summed E-state index contributed by atoms with van der Waals surface area (Å²) in [6, 6.07) is 6.19. The van der Waals surface area contributed by atoms with E-state index in [2.05, 4.69) is 22.3 Å². The Kier molecular flexibility index (Phi) is 2.99. The zero-order valence-corrected chi connectivity index (χ0v) is 11.1. The van der Waals surface area contributed by atoms with E-state index >= 15 is 0 Å². The summed E-state index contributed by atoms with van der Waals surface area (Å²) in [4.78, 5) is 0.902. The van der Waals surface area contributed by atoms with Gasteiger partial charge in [-0.1, -0.05) is 6.07 Å². The van der Waals surface area contributed by atoms with Crippen molar-refractivity contribution < 1.29 is 4.21 Å². The van der Waals surface area contributed by atoms with Crippen molar-refractivity contribution in [2.45, 2.75) is 29.9 Å². The minimum absolute atomic E-state index is 0.426. The minimum Gasteiger partial charge on any atom is -0.320 e. The van der Waals surface area contributed by atoms with Crippen LogP contribution in [0.5, 0.6) is 0 Å². The van der Waals surface area contributed by atoms with Crippen LogP contribution in [0.3, 0.4) is 0 Å². The first-order chi connectivity index (χ1) is 8.74. The summed E-state index contributed by atoms with van der Waals surface area (Å²) in [6.45, 7) is 0. The van der Waals surface area contributed by atoms with Crippen molar-refractivity contribution in [2.24, 2.45) is 7.05 Å². The molecule has 1 atom stereocenters. The summed E-state index contributed by atoms with van der Waals surface area (Å²) in [5.74, 6) is 1.18. The lowest BCUT2D eigenvalue weighted by Gasteiger charge is -2.05. The molecule has 1 aliphatic rings. The first-order valence-electron chi connectivity index (χ1n) is 6.07. The fourth-order valence-corrected chi connectivity index (χ4v) is 3.48. The summed E-state index contributed by atoms with van der Waals surface area (Å²) in [5, 5.41) is 7.78. The lowest BCUT2D eigenvalue weighted by Crippen LogP contribution is -2.03. The highest BCUT2D eigenvalue weighted by Gasteiger charge is 2.14. The molecular weight excluding hydrogens is 246 g/mol. The summed E-state index contributed by atoms with van der Waals surface area (Å²) < 4.78 is 14.1. The zero-order valence-electron chi connectivity index (χ0n) is 10.3. The fraction of sp³-hybridized carbons (Fsp3) is 0.385. The molecule has 0 spiro atoms. The smallest absolute Gasteiger partial charge is 0.145 e. The fourth-order valence-electron chi connectivity index (χ4n) is 2.33. The van der Waals surface area contributed by atoms with E-state index in [0.29, 0.717) is 5.75 Å². The molecule has 1 aliphatic carbocycles. The van der Waals surface area contributed by atoms with Gasteiger partial charge < -0.3 is 4.57 Å². The second-order valence-corrected chi connectivity index (χ2v) is 6.08. The molecular formula is C13H15N3OS. The van der Waals surface area contributed by atoms with E-state index < -0.39 is 10.8 Å². The number of fused-ring (bicyclic) bond motifs is 1. The van der Waals surface area contributed by atoms with Crippen LogP contribution in [-0.4, -0.2) is 19.0 Å². The van der Waals surface area contributed by atoms with Gasteiger partial charge in [0.05, 0.1) is 16.6 Å². The molecule has 4 nitrogen and oxygen atoms in total. The Morgan fingerprint density at radius 2 is 2.17 bits per heavy atom. The Morgan fingerprint density at radius 3 is 2.94 bits per heavy atom. The maximum absolute atomic E-state index is 12.3. The maximum atomic E-state index is 12.3. The van der Waals surface area contributed by atoms with E-state index in [1.165, 1.54) is 17.5 Å². The number of hydrogen-bond acceptors (Lipinski definition) is 3. The van der Waals surface area contributed by atoms with Crippen LogP contribution in [0.2, 0.25) is 0 Å². The number of nitrogens with zero attached hydrogens (tertiary/aromatic N) is 3.